The Balaban J connectivity index is 1.58. The predicted molar refractivity (Wildman–Crippen MR) is 113 cm³/mol. The number of carbonyl (C=O) groups is 2. The van der Waals surface area contributed by atoms with Crippen molar-refractivity contribution in [1.29, 1.82) is 0 Å². The van der Waals surface area contributed by atoms with Crippen LogP contribution >= 0.6 is 0 Å². The average molecular weight is 416 g/mol. The Hall–Kier alpha value is -2.71. The molecule has 8 heteroatoms. The third-order valence-corrected chi connectivity index (χ3v) is 6.53. The van der Waals surface area contributed by atoms with E-state index in [9.17, 15) is 18.0 Å². The number of amides is 2. The van der Waals surface area contributed by atoms with Gasteiger partial charge in [0.25, 0.3) is 0 Å². The zero-order chi connectivity index (χ0) is 21.2. The summed E-state index contributed by atoms with van der Waals surface area (Å²) in [6, 6.07) is 10.4. The normalized spacial score (nSPS) is 13.3. The van der Waals surface area contributed by atoms with Crippen molar-refractivity contribution in [2.75, 3.05) is 23.3 Å². The molecule has 0 spiro atoms. The van der Waals surface area contributed by atoms with E-state index in [0.29, 0.717) is 18.7 Å². The van der Waals surface area contributed by atoms with Crippen molar-refractivity contribution < 1.29 is 18.0 Å². The Kier molecular flexibility index (Phi) is 6.04. The van der Waals surface area contributed by atoms with Crippen molar-refractivity contribution in [3.05, 3.63) is 53.1 Å². The highest BCUT2D eigenvalue weighted by Gasteiger charge is 2.24. The Morgan fingerprint density at radius 2 is 1.83 bits per heavy atom. The number of anilines is 2. The molecule has 0 aromatic heterocycles. The second kappa shape index (κ2) is 8.34. The van der Waals surface area contributed by atoms with Crippen LogP contribution in [0.1, 0.15) is 30.0 Å². The first kappa shape index (κ1) is 21.0. The van der Waals surface area contributed by atoms with Crippen LogP contribution in [0.5, 0.6) is 0 Å². The number of aryl methyl sites for hydroxylation is 2. The molecular formula is C21H25N3O4S. The van der Waals surface area contributed by atoms with Gasteiger partial charge >= 0.3 is 0 Å². The minimum absolute atomic E-state index is 0.00430. The van der Waals surface area contributed by atoms with Crippen LogP contribution in [0.4, 0.5) is 11.4 Å². The molecule has 0 saturated heterocycles. The topological polar surface area (TPSA) is 95.6 Å². The molecule has 0 bridgehead atoms. The summed E-state index contributed by atoms with van der Waals surface area (Å²) in [5, 5.41) is 2.77. The molecule has 2 aromatic carbocycles. The largest absolute Gasteiger partial charge is 0.326 e. The standard InChI is InChI=1S/C21H25N3O4S/c1-14-4-5-18(12-15(14)2)23-21(26)8-10-22-29(27,28)19-6-7-20-17(13-19)9-11-24(20)16(3)25/h4-7,12-13,22H,8-11H2,1-3H3,(H,23,26). The molecule has 2 N–H and O–H groups in total. The van der Waals surface area contributed by atoms with Crippen LogP contribution in [0.3, 0.4) is 0 Å². The lowest BCUT2D eigenvalue weighted by Crippen LogP contribution is -2.28. The first-order chi connectivity index (χ1) is 13.7. The van der Waals surface area contributed by atoms with Crippen LogP contribution in [-0.2, 0) is 26.0 Å². The molecule has 0 aliphatic carbocycles. The molecule has 154 valence electrons. The van der Waals surface area contributed by atoms with Crippen LogP contribution in [0.2, 0.25) is 0 Å². The molecule has 1 heterocycles. The summed E-state index contributed by atoms with van der Waals surface area (Å²) in [5.74, 6) is -0.325. The molecule has 7 nitrogen and oxygen atoms in total. The Morgan fingerprint density at radius 1 is 1.07 bits per heavy atom. The molecule has 1 aliphatic rings. The maximum atomic E-state index is 12.5. The zero-order valence-electron chi connectivity index (χ0n) is 16.8. The van der Waals surface area contributed by atoms with Gasteiger partial charge in [0.1, 0.15) is 0 Å². The number of carbonyl (C=O) groups excluding carboxylic acids is 2. The van der Waals surface area contributed by atoms with Gasteiger partial charge in [0, 0.05) is 37.8 Å². The van der Waals surface area contributed by atoms with E-state index < -0.39 is 10.0 Å². The number of rotatable bonds is 6. The molecule has 3 rings (SSSR count). The van der Waals surface area contributed by atoms with Gasteiger partial charge in [0.15, 0.2) is 0 Å². The van der Waals surface area contributed by atoms with E-state index in [4.69, 9.17) is 0 Å². The Bertz CT molecular complexity index is 1060. The monoisotopic (exact) mass is 415 g/mol. The minimum atomic E-state index is -3.73. The summed E-state index contributed by atoms with van der Waals surface area (Å²) in [6.07, 6.45) is 0.645. The van der Waals surface area contributed by atoms with Gasteiger partial charge in [-0.3, -0.25) is 9.59 Å². The van der Waals surface area contributed by atoms with E-state index in [-0.39, 0.29) is 29.7 Å². The Morgan fingerprint density at radius 3 is 2.52 bits per heavy atom. The van der Waals surface area contributed by atoms with E-state index in [1.54, 1.807) is 17.0 Å². The highest BCUT2D eigenvalue weighted by molar-refractivity contribution is 7.89. The van der Waals surface area contributed by atoms with Crippen LogP contribution in [0.25, 0.3) is 0 Å². The van der Waals surface area contributed by atoms with E-state index >= 15 is 0 Å². The van der Waals surface area contributed by atoms with Gasteiger partial charge in [-0.05, 0) is 67.3 Å². The summed E-state index contributed by atoms with van der Waals surface area (Å²) >= 11 is 0. The van der Waals surface area contributed by atoms with E-state index in [1.165, 1.54) is 13.0 Å². The number of nitrogens with zero attached hydrogens (tertiary/aromatic N) is 1. The average Bonchev–Trinajstić information content (AvgIpc) is 3.08. The van der Waals surface area contributed by atoms with Crippen LogP contribution < -0.4 is 14.9 Å². The van der Waals surface area contributed by atoms with Crippen molar-refractivity contribution in [3.63, 3.8) is 0 Å². The molecule has 0 fully saturated rings. The van der Waals surface area contributed by atoms with Gasteiger partial charge in [0.05, 0.1) is 4.90 Å². The van der Waals surface area contributed by atoms with E-state index in [1.807, 2.05) is 32.0 Å². The summed E-state index contributed by atoms with van der Waals surface area (Å²) in [4.78, 5) is 25.5. The van der Waals surface area contributed by atoms with Crippen molar-refractivity contribution in [2.24, 2.45) is 0 Å². The molecular weight excluding hydrogens is 390 g/mol. The predicted octanol–water partition coefficient (Wildman–Crippen LogP) is 2.52. The third-order valence-electron chi connectivity index (χ3n) is 5.07. The zero-order valence-corrected chi connectivity index (χ0v) is 17.6. The van der Waals surface area contributed by atoms with Crippen LogP contribution in [0, 0.1) is 13.8 Å². The second-order valence-electron chi connectivity index (χ2n) is 7.21. The first-order valence-electron chi connectivity index (χ1n) is 9.45. The number of hydrogen-bond donors (Lipinski definition) is 2. The fraction of sp³-hybridized carbons (Fsp3) is 0.333. The number of fused-ring (bicyclic) bond motifs is 1. The van der Waals surface area contributed by atoms with Crippen molar-refractivity contribution in [2.45, 2.75) is 38.5 Å². The molecule has 2 aromatic rings. The molecule has 29 heavy (non-hydrogen) atoms. The quantitative estimate of drug-likeness (QED) is 0.758. The summed E-state index contributed by atoms with van der Waals surface area (Å²) < 4.78 is 27.6. The lowest BCUT2D eigenvalue weighted by molar-refractivity contribution is -0.117. The van der Waals surface area contributed by atoms with E-state index in [2.05, 4.69) is 10.0 Å². The number of sulfonamides is 1. The van der Waals surface area contributed by atoms with Gasteiger partial charge in [-0.1, -0.05) is 6.07 Å². The van der Waals surface area contributed by atoms with Crippen molar-refractivity contribution in [1.82, 2.24) is 4.72 Å². The van der Waals surface area contributed by atoms with Gasteiger partial charge < -0.3 is 10.2 Å². The second-order valence-corrected chi connectivity index (χ2v) is 8.97. The van der Waals surface area contributed by atoms with Crippen molar-refractivity contribution in [3.8, 4) is 0 Å². The molecule has 0 saturated carbocycles. The van der Waals surface area contributed by atoms with Gasteiger partial charge in [-0.15, -0.1) is 0 Å². The maximum absolute atomic E-state index is 12.5. The number of hydrogen-bond acceptors (Lipinski definition) is 4. The fourth-order valence-corrected chi connectivity index (χ4v) is 4.38. The fourth-order valence-electron chi connectivity index (χ4n) is 3.30. The van der Waals surface area contributed by atoms with Crippen molar-refractivity contribution >= 4 is 33.2 Å². The minimum Gasteiger partial charge on any atom is -0.326 e. The lowest BCUT2D eigenvalue weighted by Gasteiger charge is -2.15. The van der Waals surface area contributed by atoms with E-state index in [0.717, 1.165) is 22.4 Å². The molecule has 0 unspecified atom stereocenters. The van der Waals surface area contributed by atoms with Gasteiger partial charge in [0.2, 0.25) is 21.8 Å². The summed E-state index contributed by atoms with van der Waals surface area (Å²) in [5.41, 5.74) is 4.48. The maximum Gasteiger partial charge on any atom is 0.240 e. The van der Waals surface area contributed by atoms with Crippen LogP contribution in [-0.4, -0.2) is 33.3 Å². The highest BCUT2D eigenvalue weighted by Crippen LogP contribution is 2.30. The molecule has 2 amide bonds. The molecule has 0 radical (unpaired) electrons. The smallest absolute Gasteiger partial charge is 0.240 e. The van der Waals surface area contributed by atoms with Gasteiger partial charge in [-0.2, -0.15) is 0 Å². The summed E-state index contributed by atoms with van der Waals surface area (Å²) in [6.45, 7) is 6.00. The highest BCUT2D eigenvalue weighted by atomic mass is 32.2. The SMILES string of the molecule is CC(=O)N1CCc2cc(S(=O)(=O)NCCC(=O)Nc3ccc(C)c(C)c3)ccc21. The third kappa shape index (κ3) is 4.83. The molecule has 0 atom stereocenters. The van der Waals surface area contributed by atoms with Gasteiger partial charge in [-0.25, -0.2) is 13.1 Å². The number of nitrogens with one attached hydrogen (secondary N) is 2. The lowest BCUT2D eigenvalue weighted by atomic mass is 10.1. The molecule has 1 aliphatic heterocycles. The Labute approximate surface area is 171 Å². The number of benzene rings is 2. The van der Waals surface area contributed by atoms with Crippen LogP contribution in [0.15, 0.2) is 41.3 Å². The first-order valence-corrected chi connectivity index (χ1v) is 10.9. The summed E-state index contributed by atoms with van der Waals surface area (Å²) in [7, 11) is -3.73.